The first-order chi connectivity index (χ1) is 13.0. The molecular formula is C19H22N6OS. The molecule has 0 saturated heterocycles. The zero-order chi connectivity index (χ0) is 19.0. The summed E-state index contributed by atoms with van der Waals surface area (Å²) in [6.45, 7) is 3.98. The van der Waals surface area contributed by atoms with Crippen molar-refractivity contribution >= 4 is 17.2 Å². The highest BCUT2D eigenvalue weighted by Crippen LogP contribution is 2.27. The van der Waals surface area contributed by atoms with Crippen LogP contribution in [0.1, 0.15) is 34.3 Å². The summed E-state index contributed by atoms with van der Waals surface area (Å²) in [6.07, 6.45) is 0. The molecule has 0 fully saturated rings. The lowest BCUT2D eigenvalue weighted by atomic mass is 10.2. The molecule has 7 nitrogen and oxygen atoms in total. The maximum Gasteiger partial charge on any atom is 0.274 e. The summed E-state index contributed by atoms with van der Waals surface area (Å²) in [4.78, 5) is 26.1. The molecule has 1 amide bonds. The largest absolute Gasteiger partial charge is 0.325 e. The summed E-state index contributed by atoms with van der Waals surface area (Å²) >= 11 is 1.52. The maximum atomic E-state index is 13.0. The van der Waals surface area contributed by atoms with Crippen LogP contribution >= 0.6 is 11.3 Å². The number of hydrogen-bond donors (Lipinski definition) is 0. The number of thiazole rings is 1. The number of nitrogens with zero attached hydrogens (tertiary/aromatic N) is 6. The van der Waals surface area contributed by atoms with Crippen LogP contribution in [0.4, 0.5) is 0 Å². The van der Waals surface area contributed by atoms with E-state index in [-0.39, 0.29) is 11.9 Å². The Morgan fingerprint density at radius 1 is 1.22 bits per heavy atom. The quantitative estimate of drug-likeness (QED) is 0.694. The van der Waals surface area contributed by atoms with E-state index in [0.717, 1.165) is 22.9 Å². The van der Waals surface area contributed by atoms with Crippen LogP contribution in [-0.2, 0) is 13.1 Å². The number of fused-ring (bicyclic) bond motifs is 1. The Morgan fingerprint density at radius 2 is 2.00 bits per heavy atom. The predicted octanol–water partition coefficient (Wildman–Crippen LogP) is 2.68. The number of rotatable bonds is 4. The Bertz CT molecular complexity index is 948. The van der Waals surface area contributed by atoms with Gasteiger partial charge in [-0.3, -0.25) is 4.79 Å². The molecule has 4 rings (SSSR count). The van der Waals surface area contributed by atoms with Crippen molar-refractivity contribution in [1.29, 1.82) is 0 Å². The van der Waals surface area contributed by atoms with E-state index in [1.54, 1.807) is 0 Å². The van der Waals surface area contributed by atoms with Gasteiger partial charge < -0.3 is 9.80 Å². The van der Waals surface area contributed by atoms with Crippen LogP contribution in [0.3, 0.4) is 0 Å². The molecule has 1 atom stereocenters. The van der Waals surface area contributed by atoms with E-state index in [1.165, 1.54) is 11.3 Å². The maximum absolute atomic E-state index is 13.0. The minimum atomic E-state index is -0.143. The number of benzene rings is 1. The number of carbonyl (C=O) groups excluding carboxylic acids is 1. The molecule has 0 spiro atoms. The Kier molecular flexibility index (Phi) is 4.75. The fraction of sp³-hybridized carbons (Fsp3) is 0.368. The topological polar surface area (TPSA) is 67.2 Å². The highest BCUT2D eigenvalue weighted by Gasteiger charge is 2.32. The predicted molar refractivity (Wildman–Crippen MR) is 104 cm³/mol. The van der Waals surface area contributed by atoms with Gasteiger partial charge in [0.05, 0.1) is 12.6 Å². The van der Waals surface area contributed by atoms with Crippen molar-refractivity contribution in [3.05, 3.63) is 52.2 Å². The summed E-state index contributed by atoms with van der Waals surface area (Å²) < 4.78 is 1.91. The number of carbonyl (C=O) groups is 1. The number of hydrogen-bond acceptors (Lipinski definition) is 6. The van der Waals surface area contributed by atoms with Crippen molar-refractivity contribution < 1.29 is 4.79 Å². The molecule has 3 heterocycles. The van der Waals surface area contributed by atoms with E-state index in [4.69, 9.17) is 4.98 Å². The van der Waals surface area contributed by atoms with Crippen LogP contribution in [0.2, 0.25) is 0 Å². The van der Waals surface area contributed by atoms with Gasteiger partial charge in [-0.25, -0.2) is 14.6 Å². The van der Waals surface area contributed by atoms with Gasteiger partial charge in [-0.15, -0.1) is 11.3 Å². The third-order valence-electron chi connectivity index (χ3n) is 4.61. The molecule has 1 aliphatic heterocycles. The van der Waals surface area contributed by atoms with Crippen molar-refractivity contribution in [2.75, 3.05) is 20.6 Å². The molecule has 0 bridgehead atoms. The zero-order valence-electron chi connectivity index (χ0n) is 15.7. The van der Waals surface area contributed by atoms with Crippen molar-refractivity contribution in [3.63, 3.8) is 0 Å². The lowest BCUT2D eigenvalue weighted by Crippen LogP contribution is -2.41. The highest BCUT2D eigenvalue weighted by molar-refractivity contribution is 7.09. The minimum Gasteiger partial charge on any atom is -0.325 e. The number of aromatic nitrogens is 4. The second kappa shape index (κ2) is 7.21. The molecule has 0 saturated carbocycles. The van der Waals surface area contributed by atoms with Gasteiger partial charge >= 0.3 is 0 Å². The number of amides is 1. The summed E-state index contributed by atoms with van der Waals surface area (Å²) in [5, 5.41) is 7.42. The van der Waals surface area contributed by atoms with E-state index < -0.39 is 0 Å². The second-order valence-electron chi connectivity index (χ2n) is 6.92. The molecule has 8 heteroatoms. The Balaban J connectivity index is 1.56. The molecule has 0 unspecified atom stereocenters. The lowest BCUT2D eigenvalue weighted by Gasteiger charge is -2.32. The van der Waals surface area contributed by atoms with Crippen molar-refractivity contribution in [2.24, 2.45) is 0 Å². The van der Waals surface area contributed by atoms with Crippen LogP contribution in [0.5, 0.6) is 0 Å². The average molecular weight is 382 g/mol. The van der Waals surface area contributed by atoms with E-state index in [2.05, 4.69) is 10.1 Å². The van der Waals surface area contributed by atoms with Crippen LogP contribution in [0.25, 0.3) is 11.4 Å². The molecule has 1 aromatic carbocycles. The van der Waals surface area contributed by atoms with E-state index in [0.29, 0.717) is 24.6 Å². The monoisotopic (exact) mass is 382 g/mol. The third kappa shape index (κ3) is 3.50. The lowest BCUT2D eigenvalue weighted by molar-refractivity contribution is 0.0625. The van der Waals surface area contributed by atoms with Gasteiger partial charge in [0, 0.05) is 24.0 Å². The Morgan fingerprint density at radius 3 is 2.74 bits per heavy atom. The molecule has 0 aliphatic carbocycles. The first-order valence-electron chi connectivity index (χ1n) is 8.93. The average Bonchev–Trinajstić information content (AvgIpc) is 3.29. The van der Waals surface area contributed by atoms with Gasteiger partial charge in [-0.2, -0.15) is 5.10 Å². The molecular weight excluding hydrogens is 360 g/mol. The SMILES string of the molecule is C[C@H]1c2nc(-c3ccccc3)nn2CCN1C(=O)c1csc(CN(C)C)n1. The molecule has 0 radical (unpaired) electrons. The molecule has 0 N–H and O–H groups in total. The molecule has 3 aromatic rings. The van der Waals surface area contributed by atoms with Crippen LogP contribution < -0.4 is 0 Å². The van der Waals surface area contributed by atoms with Gasteiger partial charge in [0.1, 0.15) is 16.5 Å². The van der Waals surface area contributed by atoms with Crippen LogP contribution in [0.15, 0.2) is 35.7 Å². The highest BCUT2D eigenvalue weighted by atomic mass is 32.1. The first-order valence-corrected chi connectivity index (χ1v) is 9.81. The van der Waals surface area contributed by atoms with Crippen LogP contribution in [-0.4, -0.2) is 56.1 Å². The van der Waals surface area contributed by atoms with E-state index >= 15 is 0 Å². The second-order valence-corrected chi connectivity index (χ2v) is 7.86. The summed E-state index contributed by atoms with van der Waals surface area (Å²) in [5.74, 6) is 1.48. The summed E-state index contributed by atoms with van der Waals surface area (Å²) in [7, 11) is 3.99. The van der Waals surface area contributed by atoms with Crippen molar-refractivity contribution in [2.45, 2.75) is 26.1 Å². The summed E-state index contributed by atoms with van der Waals surface area (Å²) in [5.41, 5.74) is 1.50. The molecule has 27 heavy (non-hydrogen) atoms. The smallest absolute Gasteiger partial charge is 0.274 e. The zero-order valence-corrected chi connectivity index (χ0v) is 16.5. The van der Waals surface area contributed by atoms with Gasteiger partial charge in [0.2, 0.25) is 0 Å². The molecule has 140 valence electrons. The van der Waals surface area contributed by atoms with Gasteiger partial charge in [-0.05, 0) is 21.0 Å². The van der Waals surface area contributed by atoms with Crippen molar-refractivity contribution in [3.8, 4) is 11.4 Å². The normalized spacial score (nSPS) is 16.6. The van der Waals surface area contributed by atoms with Gasteiger partial charge in [0.25, 0.3) is 5.91 Å². The fourth-order valence-corrected chi connectivity index (χ4v) is 4.13. The Hall–Kier alpha value is -2.58. The minimum absolute atomic E-state index is 0.0423. The Labute approximate surface area is 162 Å². The first kappa shape index (κ1) is 17.8. The van der Waals surface area contributed by atoms with Gasteiger partial charge in [0.15, 0.2) is 5.82 Å². The van der Waals surface area contributed by atoms with Crippen molar-refractivity contribution in [1.82, 2.24) is 29.5 Å². The van der Waals surface area contributed by atoms with Gasteiger partial charge in [-0.1, -0.05) is 30.3 Å². The molecule has 1 aliphatic rings. The summed E-state index contributed by atoms with van der Waals surface area (Å²) in [6, 6.07) is 9.77. The van der Waals surface area contributed by atoms with E-state index in [1.807, 2.05) is 71.2 Å². The third-order valence-corrected chi connectivity index (χ3v) is 5.44. The standard InChI is InChI=1S/C19H22N6OS/c1-13-18-21-17(14-7-5-4-6-8-14)22-25(18)10-9-24(13)19(26)15-12-27-16(20-15)11-23(2)3/h4-8,12-13H,9-11H2,1-3H3/t13-/m0/s1. The fourth-order valence-electron chi connectivity index (χ4n) is 3.25. The molecule has 2 aromatic heterocycles. The van der Waals surface area contributed by atoms with E-state index in [9.17, 15) is 4.79 Å². The van der Waals surface area contributed by atoms with Crippen LogP contribution in [0, 0.1) is 0 Å².